The topological polar surface area (TPSA) is 133 Å². The van der Waals surface area contributed by atoms with E-state index in [0.29, 0.717) is 19.0 Å². The lowest BCUT2D eigenvalue weighted by molar-refractivity contribution is -0.154. The molecule has 1 amide bonds. The third-order valence-corrected chi connectivity index (χ3v) is 10.1. The normalized spacial score (nSPS) is 26.5. The first kappa shape index (κ1) is 31.7. The van der Waals surface area contributed by atoms with Crippen LogP contribution in [0.15, 0.2) is 59.5 Å². The van der Waals surface area contributed by atoms with E-state index in [-0.39, 0.29) is 61.2 Å². The van der Waals surface area contributed by atoms with Crippen molar-refractivity contribution in [1.82, 2.24) is 9.62 Å². The summed E-state index contributed by atoms with van der Waals surface area (Å²) in [4.78, 5) is 13.4. The van der Waals surface area contributed by atoms with Gasteiger partial charge in [-0.15, -0.1) is 0 Å². The van der Waals surface area contributed by atoms with Crippen LogP contribution in [0.3, 0.4) is 0 Å². The maximum Gasteiger partial charge on any atom is 0.407 e. The molecular formula is C31H42N2O9S. The van der Waals surface area contributed by atoms with Crippen LogP contribution in [-0.4, -0.2) is 94.6 Å². The third kappa shape index (κ3) is 7.50. The van der Waals surface area contributed by atoms with E-state index in [4.69, 9.17) is 23.7 Å². The second-order valence-electron chi connectivity index (χ2n) is 11.8. The number of hydrogen-bond acceptors (Lipinski definition) is 9. The molecule has 3 heterocycles. The molecule has 0 unspecified atom stereocenters. The Hall–Kier alpha value is -2.74. The Labute approximate surface area is 253 Å². The van der Waals surface area contributed by atoms with Gasteiger partial charge in [-0.25, -0.2) is 13.2 Å². The van der Waals surface area contributed by atoms with Crippen LogP contribution in [-0.2, 0) is 35.4 Å². The van der Waals surface area contributed by atoms with Crippen molar-refractivity contribution in [1.29, 1.82) is 0 Å². The Morgan fingerprint density at radius 3 is 2.53 bits per heavy atom. The van der Waals surface area contributed by atoms with E-state index in [1.54, 1.807) is 12.1 Å². The fraction of sp³-hybridized carbons (Fsp3) is 0.581. The van der Waals surface area contributed by atoms with E-state index in [1.807, 2.05) is 44.2 Å². The molecule has 2 aromatic rings. The molecule has 236 valence electrons. The van der Waals surface area contributed by atoms with Gasteiger partial charge in [-0.1, -0.05) is 44.2 Å². The van der Waals surface area contributed by atoms with Crippen LogP contribution in [0.5, 0.6) is 5.75 Å². The van der Waals surface area contributed by atoms with Crippen molar-refractivity contribution in [3.05, 3.63) is 60.2 Å². The minimum absolute atomic E-state index is 0.0120. The van der Waals surface area contributed by atoms with Crippen LogP contribution in [0.1, 0.15) is 25.8 Å². The number of methoxy groups -OCH3 is 1. The zero-order chi connectivity index (χ0) is 30.6. The van der Waals surface area contributed by atoms with E-state index in [1.165, 1.54) is 23.5 Å². The quantitative estimate of drug-likeness (QED) is 0.369. The number of rotatable bonds is 12. The number of carbonyl (C=O) groups excluding carboxylic acids is 1. The molecule has 11 nitrogen and oxygen atoms in total. The summed E-state index contributed by atoms with van der Waals surface area (Å²) in [5.41, 5.74) is 0.872. The number of ether oxygens (including phenoxy) is 5. The highest BCUT2D eigenvalue weighted by atomic mass is 32.2. The van der Waals surface area contributed by atoms with Gasteiger partial charge in [0.25, 0.3) is 0 Å². The molecule has 2 N–H and O–H groups in total. The summed E-state index contributed by atoms with van der Waals surface area (Å²) in [5, 5.41) is 14.4. The zero-order valence-electron chi connectivity index (χ0n) is 24.8. The standard InChI is InChI=1S/C31H42N2O9S/c1-20(2)16-33(43(36,37)23-11-9-22(38-3)10-12-23)17-26(34)25(15-21-7-5-4-6-8-21)32-31(35)42-28-19-39-18-27-29(28)24-13-14-40-30(24)41-27/h4-12,20,24-30,34H,13-19H2,1-3H3,(H,32,35)/t24-,25-,26+,27-,28+,29-,30+/m0/s1. The number of benzene rings is 2. The van der Waals surface area contributed by atoms with Crippen LogP contribution < -0.4 is 10.1 Å². The van der Waals surface area contributed by atoms with Crippen LogP contribution >= 0.6 is 0 Å². The van der Waals surface area contributed by atoms with Gasteiger partial charge in [0.2, 0.25) is 10.0 Å². The molecule has 3 aliphatic rings. The van der Waals surface area contributed by atoms with Crippen molar-refractivity contribution >= 4 is 16.1 Å². The highest BCUT2D eigenvalue weighted by Crippen LogP contribution is 2.44. The van der Waals surface area contributed by atoms with Gasteiger partial charge in [0.05, 0.1) is 50.1 Å². The largest absolute Gasteiger partial charge is 0.497 e. The fourth-order valence-corrected chi connectivity index (χ4v) is 7.83. The fourth-order valence-electron chi connectivity index (χ4n) is 6.21. The summed E-state index contributed by atoms with van der Waals surface area (Å²) in [5.74, 6) is 0.614. The first-order valence-corrected chi connectivity index (χ1v) is 16.3. The molecule has 2 aromatic carbocycles. The summed E-state index contributed by atoms with van der Waals surface area (Å²) in [7, 11) is -2.45. The minimum atomic E-state index is -3.96. The lowest BCUT2D eigenvalue weighted by Crippen LogP contribution is -2.53. The van der Waals surface area contributed by atoms with Crippen molar-refractivity contribution in [2.45, 2.75) is 62.2 Å². The molecular weight excluding hydrogens is 576 g/mol. The Kier molecular flexibility index (Phi) is 10.3. The van der Waals surface area contributed by atoms with Crippen LogP contribution in [0.4, 0.5) is 4.79 Å². The van der Waals surface area contributed by atoms with Gasteiger partial charge in [0.1, 0.15) is 11.9 Å². The van der Waals surface area contributed by atoms with Crippen molar-refractivity contribution in [3.8, 4) is 5.75 Å². The van der Waals surface area contributed by atoms with E-state index in [9.17, 15) is 18.3 Å². The van der Waals surface area contributed by atoms with Gasteiger partial charge in [0.15, 0.2) is 6.29 Å². The first-order valence-electron chi connectivity index (χ1n) is 14.8. The Balaban J connectivity index is 1.32. The number of aliphatic hydroxyl groups is 1. The predicted molar refractivity (Wildman–Crippen MR) is 157 cm³/mol. The van der Waals surface area contributed by atoms with Crippen LogP contribution in [0, 0.1) is 17.8 Å². The number of aliphatic hydroxyl groups excluding tert-OH is 1. The number of sulfonamides is 1. The highest BCUT2D eigenvalue weighted by molar-refractivity contribution is 7.89. The van der Waals surface area contributed by atoms with Crippen molar-refractivity contribution in [3.63, 3.8) is 0 Å². The lowest BCUT2D eigenvalue weighted by Gasteiger charge is -2.35. The second-order valence-corrected chi connectivity index (χ2v) is 13.8. The van der Waals surface area contributed by atoms with Gasteiger partial charge in [-0.2, -0.15) is 4.31 Å². The molecule has 0 aromatic heterocycles. The molecule has 3 saturated heterocycles. The summed E-state index contributed by atoms with van der Waals surface area (Å²) >= 11 is 0. The number of alkyl carbamates (subject to hydrolysis) is 1. The second kappa shape index (κ2) is 13.9. The number of amides is 1. The predicted octanol–water partition coefficient (Wildman–Crippen LogP) is 2.82. The number of hydrogen-bond donors (Lipinski definition) is 2. The molecule has 0 spiro atoms. The van der Waals surface area contributed by atoms with E-state index >= 15 is 0 Å². The maximum atomic E-state index is 13.7. The SMILES string of the molecule is COc1ccc(S(=O)(=O)N(CC(C)C)C[C@@H](O)[C@H](Cc2ccccc2)NC(=O)O[C@@H]2COC[C@@H]3O[C@H]4OCC[C@H]4[C@@H]32)cc1. The first-order chi connectivity index (χ1) is 20.7. The zero-order valence-corrected chi connectivity index (χ0v) is 25.6. The number of fused-ring (bicyclic) bond motifs is 3. The average Bonchev–Trinajstić information content (AvgIpc) is 3.59. The number of nitrogens with zero attached hydrogens (tertiary/aromatic N) is 1. The molecule has 3 fully saturated rings. The Bertz CT molecular complexity index is 1310. The number of nitrogens with one attached hydrogen (secondary N) is 1. The van der Waals surface area contributed by atoms with E-state index in [0.717, 1.165) is 12.0 Å². The molecule has 0 aliphatic carbocycles. The summed E-state index contributed by atoms with van der Waals surface area (Å²) in [6, 6.07) is 14.7. The van der Waals surface area contributed by atoms with Gasteiger partial charge in [0, 0.05) is 24.9 Å². The molecule has 5 rings (SSSR count). The van der Waals surface area contributed by atoms with Crippen molar-refractivity contribution in [2.75, 3.05) is 40.0 Å². The monoisotopic (exact) mass is 618 g/mol. The van der Waals surface area contributed by atoms with Crippen LogP contribution in [0.2, 0.25) is 0 Å². The molecule has 12 heteroatoms. The van der Waals surface area contributed by atoms with E-state index < -0.39 is 34.4 Å². The summed E-state index contributed by atoms with van der Waals surface area (Å²) < 4.78 is 57.1. The van der Waals surface area contributed by atoms with Gasteiger partial charge in [-0.05, 0) is 48.6 Å². The van der Waals surface area contributed by atoms with Gasteiger partial charge < -0.3 is 34.1 Å². The lowest BCUT2D eigenvalue weighted by atomic mass is 9.83. The van der Waals surface area contributed by atoms with Crippen molar-refractivity contribution < 1.29 is 42.0 Å². The maximum absolute atomic E-state index is 13.7. The molecule has 3 aliphatic heterocycles. The summed E-state index contributed by atoms with van der Waals surface area (Å²) in [6.07, 6.45) is -1.89. The molecule has 7 atom stereocenters. The Morgan fingerprint density at radius 1 is 1.09 bits per heavy atom. The molecule has 0 bridgehead atoms. The van der Waals surface area contributed by atoms with Gasteiger partial charge in [-0.3, -0.25) is 0 Å². The third-order valence-electron chi connectivity index (χ3n) is 8.29. The summed E-state index contributed by atoms with van der Waals surface area (Å²) in [6.45, 7) is 5.05. The van der Waals surface area contributed by atoms with Crippen molar-refractivity contribution in [2.24, 2.45) is 17.8 Å². The molecule has 0 saturated carbocycles. The smallest absolute Gasteiger partial charge is 0.407 e. The highest BCUT2D eigenvalue weighted by Gasteiger charge is 2.54. The van der Waals surface area contributed by atoms with Crippen LogP contribution in [0.25, 0.3) is 0 Å². The Morgan fingerprint density at radius 2 is 1.84 bits per heavy atom. The average molecular weight is 619 g/mol. The van der Waals surface area contributed by atoms with Gasteiger partial charge >= 0.3 is 6.09 Å². The minimum Gasteiger partial charge on any atom is -0.497 e. The molecule has 0 radical (unpaired) electrons. The molecule has 43 heavy (non-hydrogen) atoms. The number of carbonyl (C=O) groups is 1. The van der Waals surface area contributed by atoms with E-state index in [2.05, 4.69) is 5.32 Å².